The minimum Gasteiger partial charge on any atom is -0.444 e. The van der Waals surface area contributed by atoms with Gasteiger partial charge in [0.25, 0.3) is 0 Å². The summed E-state index contributed by atoms with van der Waals surface area (Å²) in [4.78, 5) is 28.6. The maximum absolute atomic E-state index is 12.4. The zero-order chi connectivity index (χ0) is 22.3. The fourth-order valence-electron chi connectivity index (χ4n) is 2.86. The van der Waals surface area contributed by atoms with Crippen LogP contribution in [0, 0.1) is 0 Å². The molecular formula is C23H27N5O3. The number of H-pyrrole nitrogens is 1. The van der Waals surface area contributed by atoms with Crippen LogP contribution in [0.15, 0.2) is 54.6 Å². The van der Waals surface area contributed by atoms with Crippen LogP contribution in [-0.2, 0) is 9.53 Å². The number of aromatic amines is 1. The first kappa shape index (κ1) is 22.0. The van der Waals surface area contributed by atoms with Crippen LogP contribution < -0.4 is 10.6 Å². The molecule has 0 unspecified atom stereocenters. The summed E-state index contributed by atoms with van der Waals surface area (Å²) in [5.41, 5.74) is 1.75. The molecule has 0 radical (unpaired) electrons. The number of alkyl carbamates (subject to hydrolysis) is 1. The van der Waals surface area contributed by atoms with Crippen molar-refractivity contribution in [3.63, 3.8) is 0 Å². The number of aromatic nitrogens is 3. The topological polar surface area (TPSA) is 109 Å². The average Bonchev–Trinajstić information content (AvgIpc) is 3.21. The number of anilines is 1. The Morgan fingerprint density at radius 3 is 2.48 bits per heavy atom. The van der Waals surface area contributed by atoms with Crippen LogP contribution in [0.1, 0.15) is 33.6 Å². The number of amides is 2. The average molecular weight is 422 g/mol. The molecule has 0 saturated heterocycles. The second-order valence-corrected chi connectivity index (χ2v) is 8.00. The number of ether oxygens (including phenoxy) is 1. The molecule has 3 aromatic rings. The predicted octanol–water partition coefficient (Wildman–Crippen LogP) is 4.38. The van der Waals surface area contributed by atoms with Crippen molar-refractivity contribution in [2.75, 3.05) is 11.9 Å². The number of nitrogens with zero attached hydrogens (tertiary/aromatic N) is 2. The number of para-hydroxylation sites is 1. The Bertz CT molecular complexity index is 1020. The predicted molar refractivity (Wildman–Crippen MR) is 119 cm³/mol. The van der Waals surface area contributed by atoms with Crippen molar-refractivity contribution in [3.05, 3.63) is 54.6 Å². The minimum atomic E-state index is -0.549. The van der Waals surface area contributed by atoms with Gasteiger partial charge in [-0.25, -0.2) is 9.78 Å². The van der Waals surface area contributed by atoms with Crippen LogP contribution in [-0.4, -0.2) is 39.3 Å². The van der Waals surface area contributed by atoms with Gasteiger partial charge in [0.1, 0.15) is 5.60 Å². The van der Waals surface area contributed by atoms with Crippen molar-refractivity contribution in [1.29, 1.82) is 0 Å². The van der Waals surface area contributed by atoms with Crippen LogP contribution in [0.3, 0.4) is 0 Å². The summed E-state index contributed by atoms with van der Waals surface area (Å²) in [6.45, 7) is 5.75. The van der Waals surface area contributed by atoms with E-state index in [0.717, 1.165) is 11.1 Å². The molecule has 0 atom stereocenters. The second-order valence-electron chi connectivity index (χ2n) is 8.00. The van der Waals surface area contributed by atoms with E-state index in [1.54, 1.807) is 20.8 Å². The molecule has 0 saturated carbocycles. The third-order valence-electron chi connectivity index (χ3n) is 4.22. The highest BCUT2D eigenvalue weighted by Gasteiger charge is 2.16. The molecule has 0 spiro atoms. The molecule has 1 aromatic heterocycles. The van der Waals surface area contributed by atoms with Gasteiger partial charge in [-0.1, -0.05) is 42.5 Å². The lowest BCUT2D eigenvalue weighted by molar-refractivity contribution is -0.116. The summed E-state index contributed by atoms with van der Waals surface area (Å²) in [6, 6.07) is 17.1. The lowest BCUT2D eigenvalue weighted by Crippen LogP contribution is -2.33. The van der Waals surface area contributed by atoms with E-state index >= 15 is 0 Å². The van der Waals surface area contributed by atoms with Gasteiger partial charge in [-0.3, -0.25) is 9.89 Å². The fraction of sp³-hybridized carbons (Fsp3) is 0.304. The Morgan fingerprint density at radius 1 is 1.03 bits per heavy atom. The molecule has 3 N–H and O–H groups in total. The number of carbonyl (C=O) groups is 2. The molecule has 0 fully saturated rings. The zero-order valence-electron chi connectivity index (χ0n) is 17.9. The Balaban J connectivity index is 1.57. The molecule has 8 heteroatoms. The van der Waals surface area contributed by atoms with Crippen molar-refractivity contribution >= 4 is 17.7 Å². The minimum absolute atomic E-state index is 0.152. The number of benzene rings is 2. The fourth-order valence-corrected chi connectivity index (χ4v) is 2.86. The number of nitrogens with one attached hydrogen (secondary N) is 3. The summed E-state index contributed by atoms with van der Waals surface area (Å²) < 4.78 is 5.17. The highest BCUT2D eigenvalue weighted by Crippen LogP contribution is 2.26. The summed E-state index contributed by atoms with van der Waals surface area (Å²) in [7, 11) is 0. The van der Waals surface area contributed by atoms with Gasteiger partial charge in [0.05, 0.1) is 5.69 Å². The van der Waals surface area contributed by atoms with E-state index in [4.69, 9.17) is 4.74 Å². The van der Waals surface area contributed by atoms with Gasteiger partial charge < -0.3 is 15.4 Å². The Kier molecular flexibility index (Phi) is 7.02. The third kappa shape index (κ3) is 6.67. The van der Waals surface area contributed by atoms with Crippen molar-refractivity contribution < 1.29 is 14.3 Å². The van der Waals surface area contributed by atoms with Crippen LogP contribution in [0.25, 0.3) is 22.8 Å². The molecule has 3 rings (SSSR count). The van der Waals surface area contributed by atoms with E-state index in [9.17, 15) is 9.59 Å². The maximum atomic E-state index is 12.4. The van der Waals surface area contributed by atoms with E-state index in [2.05, 4.69) is 25.8 Å². The van der Waals surface area contributed by atoms with Crippen molar-refractivity contribution in [2.24, 2.45) is 0 Å². The lowest BCUT2D eigenvalue weighted by atomic mass is 10.1. The number of rotatable bonds is 7. The highest BCUT2D eigenvalue weighted by atomic mass is 16.6. The van der Waals surface area contributed by atoms with E-state index in [0.29, 0.717) is 30.3 Å². The molecule has 8 nitrogen and oxygen atoms in total. The summed E-state index contributed by atoms with van der Waals surface area (Å²) in [5.74, 6) is 1.01. The first-order chi connectivity index (χ1) is 14.8. The smallest absolute Gasteiger partial charge is 0.407 e. The molecule has 0 bridgehead atoms. The van der Waals surface area contributed by atoms with Crippen LogP contribution >= 0.6 is 0 Å². The molecule has 0 aliphatic carbocycles. The van der Waals surface area contributed by atoms with Gasteiger partial charge in [0.15, 0.2) is 11.6 Å². The number of hydrogen-bond donors (Lipinski definition) is 3. The standard InChI is InChI=1S/C23H27N5O3/c1-23(2,3)31-22(30)24-15-9-14-19(29)25-18-13-8-7-12-17(18)21-26-20(27-28-21)16-10-5-4-6-11-16/h4-8,10-13H,9,14-15H2,1-3H3,(H,24,30)(H,25,29)(H,26,27,28). The third-order valence-corrected chi connectivity index (χ3v) is 4.22. The Labute approximate surface area is 181 Å². The summed E-state index contributed by atoms with van der Waals surface area (Å²) in [5, 5.41) is 12.8. The van der Waals surface area contributed by atoms with Gasteiger partial charge in [-0.05, 0) is 39.3 Å². The van der Waals surface area contributed by atoms with Crippen molar-refractivity contribution in [3.8, 4) is 22.8 Å². The zero-order valence-corrected chi connectivity index (χ0v) is 17.9. The SMILES string of the molecule is CC(C)(C)OC(=O)NCCCC(=O)Nc1ccccc1-c1nc(-c2ccccc2)n[nH]1. The van der Waals surface area contributed by atoms with Crippen LogP contribution in [0.5, 0.6) is 0 Å². The summed E-state index contributed by atoms with van der Waals surface area (Å²) >= 11 is 0. The van der Waals surface area contributed by atoms with Gasteiger partial charge in [0.2, 0.25) is 5.91 Å². The monoisotopic (exact) mass is 421 g/mol. The van der Waals surface area contributed by atoms with E-state index in [1.807, 2.05) is 54.6 Å². The quantitative estimate of drug-likeness (QED) is 0.491. The Morgan fingerprint density at radius 2 is 1.74 bits per heavy atom. The first-order valence-electron chi connectivity index (χ1n) is 10.2. The number of hydrogen-bond acceptors (Lipinski definition) is 5. The van der Waals surface area contributed by atoms with Gasteiger partial charge in [-0.2, -0.15) is 5.10 Å². The molecule has 2 aromatic carbocycles. The second kappa shape index (κ2) is 9.88. The van der Waals surface area contributed by atoms with E-state index < -0.39 is 11.7 Å². The molecule has 31 heavy (non-hydrogen) atoms. The lowest BCUT2D eigenvalue weighted by Gasteiger charge is -2.19. The number of carbonyl (C=O) groups excluding carboxylic acids is 2. The van der Waals surface area contributed by atoms with Gasteiger partial charge in [-0.15, -0.1) is 0 Å². The molecule has 2 amide bonds. The molecule has 0 aliphatic heterocycles. The first-order valence-corrected chi connectivity index (χ1v) is 10.2. The highest BCUT2D eigenvalue weighted by molar-refractivity contribution is 5.94. The summed E-state index contributed by atoms with van der Waals surface area (Å²) in [6.07, 6.45) is 0.265. The normalized spacial score (nSPS) is 11.1. The Hall–Kier alpha value is -3.68. The molecule has 1 heterocycles. The van der Waals surface area contributed by atoms with Gasteiger partial charge >= 0.3 is 6.09 Å². The van der Waals surface area contributed by atoms with E-state index in [1.165, 1.54) is 0 Å². The van der Waals surface area contributed by atoms with Crippen molar-refractivity contribution in [2.45, 2.75) is 39.2 Å². The molecule has 0 aliphatic rings. The molecular weight excluding hydrogens is 394 g/mol. The van der Waals surface area contributed by atoms with Crippen LogP contribution in [0.2, 0.25) is 0 Å². The van der Waals surface area contributed by atoms with Crippen molar-refractivity contribution in [1.82, 2.24) is 20.5 Å². The van der Waals surface area contributed by atoms with Crippen LogP contribution in [0.4, 0.5) is 10.5 Å². The van der Waals surface area contributed by atoms with Gasteiger partial charge in [0, 0.05) is 24.1 Å². The molecule has 162 valence electrons. The largest absolute Gasteiger partial charge is 0.444 e. The maximum Gasteiger partial charge on any atom is 0.407 e. The van der Waals surface area contributed by atoms with E-state index in [-0.39, 0.29) is 12.3 Å².